The second-order valence-electron chi connectivity index (χ2n) is 2.14. The van der Waals surface area contributed by atoms with E-state index in [1.54, 1.807) is 13.8 Å². The number of hydrogen-bond acceptors (Lipinski definition) is 3. The molecular formula is C6H14O3P. The van der Waals surface area contributed by atoms with E-state index in [9.17, 15) is 4.57 Å². The highest BCUT2D eigenvalue weighted by Crippen LogP contribution is 2.34. The molecule has 0 fully saturated rings. The molecule has 0 aliphatic rings. The van der Waals surface area contributed by atoms with Gasteiger partial charge in [0.15, 0.2) is 0 Å². The molecule has 3 nitrogen and oxygen atoms in total. The van der Waals surface area contributed by atoms with Gasteiger partial charge in [-0.2, -0.15) is 0 Å². The zero-order valence-corrected chi connectivity index (χ0v) is 7.21. The van der Waals surface area contributed by atoms with Gasteiger partial charge in [0.2, 0.25) is 0 Å². The van der Waals surface area contributed by atoms with E-state index in [0.29, 0.717) is 12.8 Å². The average Bonchev–Trinajstić information content (AvgIpc) is 2.00. The minimum Gasteiger partial charge on any atom is -0.382 e. The molecule has 0 aliphatic carbocycles. The molecule has 0 saturated heterocycles. The van der Waals surface area contributed by atoms with Crippen LogP contribution in [-0.2, 0) is 4.57 Å². The summed E-state index contributed by atoms with van der Waals surface area (Å²) >= 11 is 0. The van der Waals surface area contributed by atoms with Crippen LogP contribution in [0.15, 0.2) is 0 Å². The van der Waals surface area contributed by atoms with Crippen LogP contribution in [0.4, 0.5) is 0 Å². The second kappa shape index (κ2) is 4.78. The van der Waals surface area contributed by atoms with Gasteiger partial charge in [-0.25, -0.2) is 0 Å². The van der Waals surface area contributed by atoms with E-state index in [-0.39, 0.29) is 0 Å². The van der Waals surface area contributed by atoms with Crippen LogP contribution in [0.1, 0.15) is 26.7 Å². The average molecular weight is 165 g/mol. The fraction of sp³-hybridized carbons (Fsp3) is 1.00. The lowest BCUT2D eigenvalue weighted by Crippen LogP contribution is -2.07. The lowest BCUT2D eigenvalue weighted by Gasteiger charge is -2.10. The third-order valence-electron chi connectivity index (χ3n) is 1.32. The topological polar surface area (TPSA) is 57.5 Å². The van der Waals surface area contributed by atoms with E-state index in [1.807, 2.05) is 0 Å². The molecule has 2 atom stereocenters. The van der Waals surface area contributed by atoms with E-state index >= 15 is 0 Å². The first-order valence-corrected chi connectivity index (χ1v) is 4.84. The predicted octanol–water partition coefficient (Wildman–Crippen LogP) is 1.27. The van der Waals surface area contributed by atoms with Crippen LogP contribution in [0.3, 0.4) is 0 Å². The summed E-state index contributed by atoms with van der Waals surface area (Å²) in [6.07, 6.45) is 0.874. The predicted molar refractivity (Wildman–Crippen MR) is 40.2 cm³/mol. The van der Waals surface area contributed by atoms with E-state index in [0.717, 1.165) is 0 Å². The summed E-state index contributed by atoms with van der Waals surface area (Å²) in [5, 5.41) is 18.0. The summed E-state index contributed by atoms with van der Waals surface area (Å²) in [4.78, 5) is 0. The van der Waals surface area contributed by atoms with Crippen molar-refractivity contribution >= 4 is 7.80 Å². The SMILES string of the molecule is CCC(O)[P](=O)C(O)CC. The molecule has 0 rings (SSSR count). The van der Waals surface area contributed by atoms with Gasteiger partial charge in [-0.15, -0.1) is 0 Å². The maximum absolute atomic E-state index is 11.0. The molecule has 10 heavy (non-hydrogen) atoms. The zero-order chi connectivity index (χ0) is 8.15. The van der Waals surface area contributed by atoms with Gasteiger partial charge in [0.1, 0.15) is 19.5 Å². The van der Waals surface area contributed by atoms with Crippen molar-refractivity contribution in [3.63, 3.8) is 0 Å². The fourth-order valence-corrected chi connectivity index (χ4v) is 1.68. The van der Waals surface area contributed by atoms with Gasteiger partial charge in [0, 0.05) is 0 Å². The first-order valence-electron chi connectivity index (χ1n) is 3.45. The number of aliphatic hydroxyl groups is 2. The third-order valence-corrected chi connectivity index (χ3v) is 3.22. The summed E-state index contributed by atoms with van der Waals surface area (Å²) in [6, 6.07) is 0. The van der Waals surface area contributed by atoms with Crippen LogP contribution in [0.25, 0.3) is 0 Å². The van der Waals surface area contributed by atoms with Crippen LogP contribution in [0.2, 0.25) is 0 Å². The highest BCUT2D eigenvalue weighted by atomic mass is 31.1. The zero-order valence-electron chi connectivity index (χ0n) is 6.32. The highest BCUT2D eigenvalue weighted by Gasteiger charge is 2.18. The Morgan fingerprint density at radius 3 is 1.70 bits per heavy atom. The Morgan fingerprint density at radius 2 is 1.50 bits per heavy atom. The van der Waals surface area contributed by atoms with E-state index in [1.165, 1.54) is 0 Å². The molecular weight excluding hydrogens is 151 g/mol. The lowest BCUT2D eigenvalue weighted by molar-refractivity contribution is 0.211. The summed E-state index contributed by atoms with van der Waals surface area (Å²) < 4.78 is 11.0. The Kier molecular flexibility index (Phi) is 4.79. The lowest BCUT2D eigenvalue weighted by atomic mass is 10.5. The van der Waals surface area contributed by atoms with Crippen LogP contribution >= 0.6 is 7.80 Å². The Morgan fingerprint density at radius 1 is 1.20 bits per heavy atom. The first-order chi connectivity index (χ1) is 4.63. The van der Waals surface area contributed by atoms with Crippen molar-refractivity contribution in [3.05, 3.63) is 0 Å². The largest absolute Gasteiger partial charge is 0.382 e. The van der Waals surface area contributed by atoms with Crippen LogP contribution < -0.4 is 0 Å². The van der Waals surface area contributed by atoms with Crippen molar-refractivity contribution in [1.29, 1.82) is 0 Å². The van der Waals surface area contributed by atoms with Crippen molar-refractivity contribution in [2.45, 2.75) is 38.4 Å². The van der Waals surface area contributed by atoms with Crippen LogP contribution in [-0.4, -0.2) is 21.9 Å². The van der Waals surface area contributed by atoms with Gasteiger partial charge in [-0.05, 0) is 12.8 Å². The second-order valence-corrected chi connectivity index (χ2v) is 4.05. The third kappa shape index (κ3) is 2.74. The van der Waals surface area contributed by atoms with Gasteiger partial charge in [-0.1, -0.05) is 13.8 Å². The minimum absolute atomic E-state index is 0.437. The molecule has 0 aliphatic heterocycles. The maximum Gasteiger partial charge on any atom is 0.130 e. The van der Waals surface area contributed by atoms with Crippen molar-refractivity contribution in [2.24, 2.45) is 0 Å². The Hall–Kier alpha value is 0.0200. The van der Waals surface area contributed by atoms with Crippen LogP contribution in [0, 0.1) is 0 Å². The summed E-state index contributed by atoms with van der Waals surface area (Å²) in [7, 11) is -1.84. The highest BCUT2D eigenvalue weighted by molar-refractivity contribution is 7.45. The quantitative estimate of drug-likeness (QED) is 0.617. The standard InChI is InChI=1S/C6H14O3P/c1-3-5(7)10(9)6(8)4-2/h5-8H,3-4H2,1-2H3. The maximum atomic E-state index is 11.0. The molecule has 1 radical (unpaired) electrons. The number of aliphatic hydroxyl groups excluding tert-OH is 2. The summed E-state index contributed by atoms with van der Waals surface area (Å²) in [6.45, 7) is 3.47. The van der Waals surface area contributed by atoms with E-state index in [4.69, 9.17) is 10.2 Å². The molecule has 0 bridgehead atoms. The molecule has 0 aromatic heterocycles. The molecule has 0 saturated carbocycles. The molecule has 2 N–H and O–H groups in total. The molecule has 0 amide bonds. The van der Waals surface area contributed by atoms with Gasteiger partial charge >= 0.3 is 0 Å². The van der Waals surface area contributed by atoms with Gasteiger partial charge in [0.25, 0.3) is 0 Å². The van der Waals surface area contributed by atoms with E-state index < -0.39 is 19.5 Å². The van der Waals surface area contributed by atoms with Crippen LogP contribution in [0.5, 0.6) is 0 Å². The number of hydrogen-bond donors (Lipinski definition) is 2. The molecule has 0 spiro atoms. The van der Waals surface area contributed by atoms with Crippen molar-refractivity contribution in [3.8, 4) is 0 Å². The Balaban J connectivity index is 3.82. The first kappa shape index (κ1) is 10.0. The monoisotopic (exact) mass is 165 g/mol. The Labute approximate surface area is 61.9 Å². The number of rotatable bonds is 4. The molecule has 2 unspecified atom stereocenters. The molecule has 61 valence electrons. The Bertz CT molecular complexity index is 104. The normalized spacial score (nSPS) is 18.2. The minimum atomic E-state index is -1.84. The van der Waals surface area contributed by atoms with E-state index in [2.05, 4.69) is 0 Å². The van der Waals surface area contributed by atoms with Gasteiger partial charge < -0.3 is 10.2 Å². The smallest absolute Gasteiger partial charge is 0.130 e. The molecule has 4 heteroatoms. The molecule has 0 heterocycles. The summed E-state index contributed by atoms with van der Waals surface area (Å²) in [5.74, 6) is -1.69. The fourth-order valence-electron chi connectivity index (χ4n) is 0.559. The molecule has 0 aromatic rings. The summed E-state index contributed by atoms with van der Waals surface area (Å²) in [5.41, 5.74) is 0. The van der Waals surface area contributed by atoms with Crippen molar-refractivity contribution in [2.75, 3.05) is 0 Å². The van der Waals surface area contributed by atoms with Gasteiger partial charge in [-0.3, -0.25) is 4.57 Å². The van der Waals surface area contributed by atoms with Crippen molar-refractivity contribution in [1.82, 2.24) is 0 Å². The molecule has 0 aromatic carbocycles. The van der Waals surface area contributed by atoms with Gasteiger partial charge in [0.05, 0.1) is 0 Å². The van der Waals surface area contributed by atoms with Crippen molar-refractivity contribution < 1.29 is 14.8 Å².